The molecule has 7 heteroatoms. The second-order valence-electron chi connectivity index (χ2n) is 5.34. The van der Waals surface area contributed by atoms with Crippen molar-refractivity contribution in [2.45, 2.75) is 13.8 Å². The van der Waals surface area contributed by atoms with E-state index in [-0.39, 0.29) is 5.91 Å². The zero-order chi connectivity index (χ0) is 18.4. The standard InChI is InChI=1S/C18H18N4O3/c1-11(15-4-3-5-16(10-15)20-12(2)23)21-22-18(25)14-8-6-13(7-9-14)17(19)24/h3-10H,1-2H3,(H2,19,24)(H,20,23)(H,22,25)/b21-11+. The van der Waals surface area contributed by atoms with Crippen molar-refractivity contribution >= 4 is 29.1 Å². The number of nitrogens with one attached hydrogen (secondary N) is 2. The lowest BCUT2D eigenvalue weighted by Crippen LogP contribution is -2.20. The summed E-state index contributed by atoms with van der Waals surface area (Å²) in [5.41, 5.74) is 10.3. The van der Waals surface area contributed by atoms with Crippen molar-refractivity contribution < 1.29 is 14.4 Å². The third-order valence-corrected chi connectivity index (χ3v) is 3.36. The predicted molar refractivity (Wildman–Crippen MR) is 95.4 cm³/mol. The molecule has 0 heterocycles. The first-order valence-electron chi connectivity index (χ1n) is 7.49. The highest BCUT2D eigenvalue weighted by molar-refractivity contribution is 6.02. The fourth-order valence-electron chi connectivity index (χ4n) is 2.07. The van der Waals surface area contributed by atoms with Crippen molar-refractivity contribution in [3.8, 4) is 0 Å². The Labute approximate surface area is 144 Å². The molecule has 2 rings (SSSR count). The van der Waals surface area contributed by atoms with Crippen molar-refractivity contribution in [1.82, 2.24) is 5.43 Å². The predicted octanol–water partition coefficient (Wildman–Crippen LogP) is 1.90. The Morgan fingerprint density at radius 3 is 2.16 bits per heavy atom. The first-order chi connectivity index (χ1) is 11.9. The topological polar surface area (TPSA) is 114 Å². The van der Waals surface area contributed by atoms with Crippen LogP contribution in [0.15, 0.2) is 53.6 Å². The van der Waals surface area contributed by atoms with E-state index in [2.05, 4.69) is 15.8 Å². The number of benzene rings is 2. The number of carbonyl (C=O) groups excluding carboxylic acids is 3. The molecule has 0 saturated carbocycles. The van der Waals surface area contributed by atoms with Gasteiger partial charge in [0, 0.05) is 23.7 Å². The number of amides is 3. The first kappa shape index (κ1) is 17.9. The molecule has 128 valence electrons. The third-order valence-electron chi connectivity index (χ3n) is 3.36. The third kappa shape index (κ3) is 5.00. The van der Waals surface area contributed by atoms with Gasteiger partial charge in [-0.15, -0.1) is 0 Å². The molecule has 7 nitrogen and oxygen atoms in total. The van der Waals surface area contributed by atoms with Gasteiger partial charge in [0.1, 0.15) is 0 Å². The Kier molecular flexibility index (Phi) is 5.62. The summed E-state index contributed by atoms with van der Waals surface area (Å²) in [5.74, 6) is -1.13. The van der Waals surface area contributed by atoms with Crippen LogP contribution in [0.2, 0.25) is 0 Å². The van der Waals surface area contributed by atoms with E-state index in [9.17, 15) is 14.4 Å². The van der Waals surface area contributed by atoms with E-state index in [4.69, 9.17) is 5.73 Å². The number of hydrogen-bond acceptors (Lipinski definition) is 4. The Hall–Kier alpha value is -3.48. The lowest BCUT2D eigenvalue weighted by atomic mass is 10.1. The SMILES string of the molecule is CC(=O)Nc1cccc(/C(C)=N/NC(=O)c2ccc(C(N)=O)cc2)c1. The smallest absolute Gasteiger partial charge is 0.271 e. The molecule has 0 aliphatic heterocycles. The summed E-state index contributed by atoms with van der Waals surface area (Å²) < 4.78 is 0. The van der Waals surface area contributed by atoms with Crippen LogP contribution < -0.4 is 16.5 Å². The fraction of sp³-hybridized carbons (Fsp3) is 0.111. The van der Waals surface area contributed by atoms with E-state index < -0.39 is 11.8 Å². The molecule has 0 bridgehead atoms. The normalized spacial score (nSPS) is 10.9. The van der Waals surface area contributed by atoms with Gasteiger partial charge in [-0.3, -0.25) is 14.4 Å². The molecule has 0 radical (unpaired) electrons. The minimum Gasteiger partial charge on any atom is -0.366 e. The van der Waals surface area contributed by atoms with Gasteiger partial charge in [-0.05, 0) is 48.9 Å². The molecule has 0 atom stereocenters. The van der Waals surface area contributed by atoms with E-state index >= 15 is 0 Å². The summed E-state index contributed by atoms with van der Waals surface area (Å²) in [4.78, 5) is 34.2. The molecule has 4 N–H and O–H groups in total. The largest absolute Gasteiger partial charge is 0.366 e. The number of primary amides is 1. The molecule has 0 saturated heterocycles. The molecule has 2 aromatic rings. The molecule has 2 aromatic carbocycles. The summed E-state index contributed by atoms with van der Waals surface area (Å²) in [6, 6.07) is 13.1. The summed E-state index contributed by atoms with van der Waals surface area (Å²) in [6.07, 6.45) is 0. The molecule has 0 fully saturated rings. The van der Waals surface area contributed by atoms with Gasteiger partial charge < -0.3 is 11.1 Å². The van der Waals surface area contributed by atoms with Gasteiger partial charge in [0.2, 0.25) is 11.8 Å². The number of carbonyl (C=O) groups is 3. The molecular weight excluding hydrogens is 320 g/mol. The highest BCUT2D eigenvalue weighted by atomic mass is 16.2. The molecule has 0 spiro atoms. The average molecular weight is 338 g/mol. The van der Waals surface area contributed by atoms with E-state index in [1.807, 2.05) is 6.07 Å². The number of hydrazone groups is 1. The number of hydrogen-bond donors (Lipinski definition) is 3. The molecular formula is C18H18N4O3. The van der Waals surface area contributed by atoms with Crippen LogP contribution in [0.1, 0.15) is 40.1 Å². The van der Waals surface area contributed by atoms with Gasteiger partial charge in [0.05, 0.1) is 5.71 Å². The summed E-state index contributed by atoms with van der Waals surface area (Å²) in [6.45, 7) is 3.17. The van der Waals surface area contributed by atoms with Crippen molar-refractivity contribution in [3.05, 3.63) is 65.2 Å². The maximum Gasteiger partial charge on any atom is 0.271 e. The van der Waals surface area contributed by atoms with Crippen molar-refractivity contribution in [2.24, 2.45) is 10.8 Å². The van der Waals surface area contributed by atoms with Crippen molar-refractivity contribution in [2.75, 3.05) is 5.32 Å². The summed E-state index contributed by atoms with van der Waals surface area (Å²) in [7, 11) is 0. The summed E-state index contributed by atoms with van der Waals surface area (Å²) in [5, 5.41) is 6.75. The van der Waals surface area contributed by atoms with E-state index in [0.717, 1.165) is 5.56 Å². The van der Waals surface area contributed by atoms with Crippen molar-refractivity contribution in [1.29, 1.82) is 0 Å². The van der Waals surface area contributed by atoms with Crippen LogP contribution >= 0.6 is 0 Å². The van der Waals surface area contributed by atoms with Gasteiger partial charge in [-0.2, -0.15) is 5.10 Å². The Balaban J connectivity index is 2.08. The van der Waals surface area contributed by atoms with E-state index in [1.165, 1.54) is 31.2 Å². The van der Waals surface area contributed by atoms with Crippen LogP contribution in [0, 0.1) is 0 Å². The van der Waals surface area contributed by atoms with E-state index in [0.29, 0.717) is 22.5 Å². The fourth-order valence-corrected chi connectivity index (χ4v) is 2.07. The van der Waals surface area contributed by atoms with Crippen LogP contribution in [0.25, 0.3) is 0 Å². The maximum absolute atomic E-state index is 12.1. The zero-order valence-electron chi connectivity index (χ0n) is 13.9. The highest BCUT2D eigenvalue weighted by Gasteiger charge is 2.07. The van der Waals surface area contributed by atoms with Gasteiger partial charge >= 0.3 is 0 Å². The van der Waals surface area contributed by atoms with Crippen LogP contribution in [-0.2, 0) is 4.79 Å². The molecule has 0 aromatic heterocycles. The van der Waals surface area contributed by atoms with Crippen molar-refractivity contribution in [3.63, 3.8) is 0 Å². The minimum atomic E-state index is -0.556. The van der Waals surface area contributed by atoms with Crippen LogP contribution in [0.4, 0.5) is 5.69 Å². The lowest BCUT2D eigenvalue weighted by Gasteiger charge is -2.06. The second kappa shape index (κ2) is 7.87. The first-order valence-corrected chi connectivity index (χ1v) is 7.49. The van der Waals surface area contributed by atoms with Crippen LogP contribution in [0.3, 0.4) is 0 Å². The van der Waals surface area contributed by atoms with Crippen LogP contribution in [0.5, 0.6) is 0 Å². The van der Waals surface area contributed by atoms with Gasteiger partial charge in [0.15, 0.2) is 0 Å². The number of rotatable bonds is 5. The Morgan fingerprint density at radius 1 is 0.920 bits per heavy atom. The minimum absolute atomic E-state index is 0.167. The molecule has 25 heavy (non-hydrogen) atoms. The number of nitrogens with zero attached hydrogens (tertiary/aromatic N) is 1. The van der Waals surface area contributed by atoms with E-state index in [1.54, 1.807) is 25.1 Å². The van der Waals surface area contributed by atoms with Gasteiger partial charge in [-0.25, -0.2) is 5.43 Å². The van der Waals surface area contributed by atoms with Gasteiger partial charge in [-0.1, -0.05) is 12.1 Å². The molecule has 0 unspecified atom stereocenters. The zero-order valence-corrected chi connectivity index (χ0v) is 13.9. The van der Waals surface area contributed by atoms with Gasteiger partial charge in [0.25, 0.3) is 5.91 Å². The number of nitrogens with two attached hydrogens (primary N) is 1. The highest BCUT2D eigenvalue weighted by Crippen LogP contribution is 2.11. The lowest BCUT2D eigenvalue weighted by molar-refractivity contribution is -0.114. The average Bonchev–Trinajstić information content (AvgIpc) is 2.59. The quantitative estimate of drug-likeness (QED) is 0.571. The molecule has 0 aliphatic carbocycles. The van der Waals surface area contributed by atoms with Crippen LogP contribution in [-0.4, -0.2) is 23.4 Å². The Morgan fingerprint density at radius 2 is 1.56 bits per heavy atom. The summed E-state index contributed by atoms with van der Waals surface area (Å²) >= 11 is 0. The number of anilines is 1. The Bertz CT molecular complexity index is 842. The second-order valence-corrected chi connectivity index (χ2v) is 5.34. The maximum atomic E-state index is 12.1. The molecule has 3 amide bonds. The molecule has 0 aliphatic rings. The monoisotopic (exact) mass is 338 g/mol.